The van der Waals surface area contributed by atoms with Crippen molar-refractivity contribution in [1.82, 2.24) is 0 Å². The Morgan fingerprint density at radius 2 is 2.07 bits per heavy atom. The van der Waals surface area contributed by atoms with E-state index in [1.165, 1.54) is 0 Å². The lowest BCUT2D eigenvalue weighted by atomic mass is 10.1. The van der Waals surface area contributed by atoms with Gasteiger partial charge in [0.1, 0.15) is 0 Å². The van der Waals surface area contributed by atoms with Crippen molar-refractivity contribution in [3.63, 3.8) is 0 Å². The number of rotatable bonds is 4. The first-order valence-electron chi connectivity index (χ1n) is 4.41. The lowest BCUT2D eigenvalue weighted by molar-refractivity contribution is 0.267. The van der Waals surface area contributed by atoms with Gasteiger partial charge in [0.2, 0.25) is 0 Å². The lowest BCUT2D eigenvalue weighted by Gasteiger charge is -2.14. The molecule has 0 aliphatic rings. The molecule has 0 heterocycles. The molecule has 4 nitrogen and oxygen atoms in total. The largest absolute Gasteiger partial charge is 0.493 e. The molecule has 15 heavy (non-hydrogen) atoms. The summed E-state index contributed by atoms with van der Waals surface area (Å²) in [6, 6.07) is 3.15. The molecule has 0 unspecified atom stereocenters. The molecule has 1 rings (SSSR count). The first-order valence-corrected chi connectivity index (χ1v) is 5.21. The molecule has 0 saturated carbocycles. The smallest absolute Gasteiger partial charge is 0.174 e. The van der Waals surface area contributed by atoms with E-state index in [0.29, 0.717) is 11.5 Å². The average molecular weight is 276 g/mol. The highest BCUT2D eigenvalue weighted by Crippen LogP contribution is 2.37. The maximum atomic E-state index is 8.96. The van der Waals surface area contributed by atoms with Gasteiger partial charge < -0.3 is 20.3 Å². The van der Waals surface area contributed by atoms with Gasteiger partial charge in [0.25, 0.3) is 0 Å². The van der Waals surface area contributed by atoms with Crippen molar-refractivity contribution in [3.8, 4) is 11.5 Å². The standard InChI is InChI=1S/C10H14BrNO3/c1-14-9-4-6(8(12)5-13)3-7(11)10(9)15-2/h3-4,8,13H,5,12H2,1-2H3/t8-/m1/s1. The number of halogens is 1. The van der Waals surface area contributed by atoms with Crippen LogP contribution in [0.15, 0.2) is 16.6 Å². The predicted molar refractivity (Wildman–Crippen MR) is 61.3 cm³/mol. The number of hydrogen-bond donors (Lipinski definition) is 2. The third-order valence-electron chi connectivity index (χ3n) is 2.08. The highest BCUT2D eigenvalue weighted by Gasteiger charge is 2.13. The second-order valence-corrected chi connectivity index (χ2v) is 3.88. The van der Waals surface area contributed by atoms with Crippen molar-refractivity contribution in [2.75, 3.05) is 20.8 Å². The minimum absolute atomic E-state index is 0.109. The van der Waals surface area contributed by atoms with Crippen LogP contribution in [0.25, 0.3) is 0 Å². The van der Waals surface area contributed by atoms with Gasteiger partial charge in [-0.25, -0.2) is 0 Å². The van der Waals surface area contributed by atoms with E-state index in [9.17, 15) is 0 Å². The Bertz CT molecular complexity index is 344. The molecule has 0 aliphatic heterocycles. The summed E-state index contributed by atoms with van der Waals surface area (Å²) in [4.78, 5) is 0. The van der Waals surface area contributed by atoms with Gasteiger partial charge in [0.05, 0.1) is 31.3 Å². The van der Waals surface area contributed by atoms with Crippen molar-refractivity contribution < 1.29 is 14.6 Å². The van der Waals surface area contributed by atoms with Crippen LogP contribution in [0.1, 0.15) is 11.6 Å². The van der Waals surface area contributed by atoms with E-state index in [1.807, 2.05) is 6.07 Å². The second-order valence-electron chi connectivity index (χ2n) is 3.03. The highest BCUT2D eigenvalue weighted by molar-refractivity contribution is 9.10. The summed E-state index contributed by atoms with van der Waals surface area (Å²) in [6.45, 7) is -0.109. The zero-order chi connectivity index (χ0) is 11.4. The molecule has 84 valence electrons. The van der Waals surface area contributed by atoms with Crippen LogP contribution in [0.3, 0.4) is 0 Å². The van der Waals surface area contributed by atoms with Gasteiger partial charge in [-0.05, 0) is 33.6 Å². The third kappa shape index (κ3) is 2.62. The zero-order valence-electron chi connectivity index (χ0n) is 8.66. The Labute approximate surface area is 97.1 Å². The number of nitrogens with two attached hydrogens (primary N) is 1. The molecule has 1 atom stereocenters. The maximum Gasteiger partial charge on any atom is 0.174 e. The van der Waals surface area contributed by atoms with Crippen LogP contribution in [-0.2, 0) is 0 Å². The lowest BCUT2D eigenvalue weighted by Crippen LogP contribution is -2.14. The van der Waals surface area contributed by atoms with Crippen LogP contribution >= 0.6 is 15.9 Å². The normalized spacial score (nSPS) is 12.3. The molecule has 5 heteroatoms. The first-order chi connectivity index (χ1) is 7.13. The van der Waals surface area contributed by atoms with Crippen LogP contribution in [0.2, 0.25) is 0 Å². The number of methoxy groups -OCH3 is 2. The minimum atomic E-state index is -0.416. The molecule has 0 saturated heterocycles. The molecule has 0 radical (unpaired) electrons. The molecule has 0 amide bonds. The molecule has 0 aliphatic carbocycles. The Kier molecular flexibility index (Phi) is 4.38. The molecule has 1 aromatic rings. The van der Waals surface area contributed by atoms with Gasteiger partial charge in [-0.1, -0.05) is 0 Å². The maximum absolute atomic E-state index is 8.96. The minimum Gasteiger partial charge on any atom is -0.493 e. The molecule has 1 aromatic carbocycles. The monoisotopic (exact) mass is 275 g/mol. The van der Waals surface area contributed by atoms with Crippen LogP contribution in [0, 0.1) is 0 Å². The van der Waals surface area contributed by atoms with Gasteiger partial charge in [0.15, 0.2) is 11.5 Å². The molecule has 0 fully saturated rings. The summed E-state index contributed by atoms with van der Waals surface area (Å²) in [6.07, 6.45) is 0. The molecule has 3 N–H and O–H groups in total. The number of benzene rings is 1. The quantitative estimate of drug-likeness (QED) is 0.873. The number of hydrogen-bond acceptors (Lipinski definition) is 4. The van der Waals surface area contributed by atoms with Crippen molar-refractivity contribution >= 4 is 15.9 Å². The van der Waals surface area contributed by atoms with E-state index in [2.05, 4.69) is 15.9 Å². The summed E-state index contributed by atoms with van der Waals surface area (Å²) in [7, 11) is 3.12. The summed E-state index contributed by atoms with van der Waals surface area (Å²) in [5, 5.41) is 8.96. The number of ether oxygens (including phenoxy) is 2. The van der Waals surface area contributed by atoms with Gasteiger partial charge >= 0.3 is 0 Å². The highest BCUT2D eigenvalue weighted by atomic mass is 79.9. The first kappa shape index (κ1) is 12.3. The van der Waals surface area contributed by atoms with Gasteiger partial charge in [-0.3, -0.25) is 0 Å². The molecule has 0 aromatic heterocycles. The average Bonchev–Trinajstić information content (AvgIpc) is 2.26. The Hall–Kier alpha value is -0.780. The van der Waals surface area contributed by atoms with Crippen molar-refractivity contribution in [2.24, 2.45) is 5.73 Å². The van der Waals surface area contributed by atoms with Crippen molar-refractivity contribution in [3.05, 3.63) is 22.2 Å². The fourth-order valence-electron chi connectivity index (χ4n) is 1.26. The van der Waals surface area contributed by atoms with Crippen LogP contribution < -0.4 is 15.2 Å². The van der Waals surface area contributed by atoms with Crippen LogP contribution in [0.4, 0.5) is 0 Å². The van der Waals surface area contributed by atoms with E-state index in [-0.39, 0.29) is 6.61 Å². The molecular formula is C10H14BrNO3. The van der Waals surface area contributed by atoms with E-state index < -0.39 is 6.04 Å². The van der Waals surface area contributed by atoms with Crippen molar-refractivity contribution in [1.29, 1.82) is 0 Å². The van der Waals surface area contributed by atoms with Crippen LogP contribution in [-0.4, -0.2) is 25.9 Å². The van der Waals surface area contributed by atoms with Crippen molar-refractivity contribution in [2.45, 2.75) is 6.04 Å². The van der Waals surface area contributed by atoms with E-state index in [1.54, 1.807) is 20.3 Å². The summed E-state index contributed by atoms with van der Waals surface area (Å²) >= 11 is 3.35. The zero-order valence-corrected chi connectivity index (χ0v) is 10.2. The Morgan fingerprint density at radius 3 is 2.53 bits per heavy atom. The van der Waals surface area contributed by atoms with Gasteiger partial charge in [0, 0.05) is 0 Å². The molecule has 0 spiro atoms. The summed E-state index contributed by atoms with van der Waals surface area (Å²) in [5.74, 6) is 1.21. The van der Waals surface area contributed by atoms with Gasteiger partial charge in [-0.2, -0.15) is 0 Å². The predicted octanol–water partition coefficient (Wildman–Crippen LogP) is 1.46. The summed E-state index contributed by atoms with van der Waals surface area (Å²) < 4.78 is 11.1. The Balaban J connectivity index is 3.19. The number of aliphatic hydroxyl groups excluding tert-OH is 1. The van der Waals surface area contributed by atoms with Gasteiger partial charge in [-0.15, -0.1) is 0 Å². The number of aliphatic hydroxyl groups is 1. The molecule has 0 bridgehead atoms. The topological polar surface area (TPSA) is 64.7 Å². The van der Waals surface area contributed by atoms with Crippen LogP contribution in [0.5, 0.6) is 11.5 Å². The fourth-order valence-corrected chi connectivity index (χ4v) is 1.88. The SMILES string of the molecule is COc1cc([C@H](N)CO)cc(Br)c1OC. The third-order valence-corrected chi connectivity index (χ3v) is 2.67. The molecular weight excluding hydrogens is 262 g/mol. The fraction of sp³-hybridized carbons (Fsp3) is 0.400. The van der Waals surface area contributed by atoms with E-state index in [0.717, 1.165) is 10.0 Å². The second kappa shape index (κ2) is 5.34. The van der Waals surface area contributed by atoms with E-state index >= 15 is 0 Å². The van der Waals surface area contributed by atoms with E-state index in [4.69, 9.17) is 20.3 Å². The Morgan fingerprint density at radius 1 is 1.40 bits per heavy atom. The summed E-state index contributed by atoms with van der Waals surface area (Å²) in [5.41, 5.74) is 6.50.